The Morgan fingerprint density at radius 2 is 1.71 bits per heavy atom. The number of nitrogens with zero attached hydrogens (tertiary/aromatic N) is 7. The first-order valence-corrected chi connectivity index (χ1v) is 25.3. The van der Waals surface area contributed by atoms with Crippen molar-refractivity contribution in [3.8, 4) is 17.4 Å². The maximum absolute atomic E-state index is 13.4. The van der Waals surface area contributed by atoms with Gasteiger partial charge in [-0.05, 0) is 48.7 Å². The number of hydrogen-bond donors (Lipinski definition) is 0. The number of anilines is 1. The van der Waals surface area contributed by atoms with E-state index in [-0.39, 0.29) is 5.91 Å². The third-order valence-electron chi connectivity index (χ3n) is 10.4. The predicted octanol–water partition coefficient (Wildman–Crippen LogP) is 5.35. The molecule has 0 spiro atoms. The van der Waals surface area contributed by atoms with Crippen LogP contribution in [0.5, 0.6) is 5.88 Å². The van der Waals surface area contributed by atoms with Crippen LogP contribution in [0.1, 0.15) is 24.6 Å². The SMILES string of the molecule is COc1nc2c(cc1N(C)C(=O)CN1CCOCC1)nc(-c1nn(COCC[Si](C)(C)C)c3c1C[C@@H]1C[C@]1(C)C3)n2COCC[Si](C)(C)C. The lowest BCUT2D eigenvalue weighted by Crippen LogP contribution is -2.43. The van der Waals surface area contributed by atoms with Crippen LogP contribution < -0.4 is 9.64 Å². The number of fused-ring (bicyclic) bond motifs is 3. The van der Waals surface area contributed by atoms with E-state index in [2.05, 4.69) is 55.8 Å². The highest BCUT2D eigenvalue weighted by molar-refractivity contribution is 6.76. The van der Waals surface area contributed by atoms with E-state index in [1.165, 1.54) is 17.7 Å². The van der Waals surface area contributed by atoms with E-state index in [1.54, 1.807) is 19.1 Å². The van der Waals surface area contributed by atoms with Gasteiger partial charge in [0, 0.05) is 60.8 Å². The van der Waals surface area contributed by atoms with E-state index >= 15 is 0 Å². The lowest BCUT2D eigenvalue weighted by atomic mass is 9.87. The molecule has 0 bridgehead atoms. The van der Waals surface area contributed by atoms with Gasteiger partial charge in [0.15, 0.2) is 11.5 Å². The summed E-state index contributed by atoms with van der Waals surface area (Å²) in [6.45, 7) is 21.8. The fourth-order valence-corrected chi connectivity index (χ4v) is 8.38. The molecule has 12 nitrogen and oxygen atoms in total. The van der Waals surface area contributed by atoms with Crippen molar-refractivity contribution in [2.75, 3.05) is 65.1 Å². The molecule has 2 atom stereocenters. The number of pyridine rings is 1. The summed E-state index contributed by atoms with van der Waals surface area (Å²) in [5.74, 6) is 1.73. The number of morpholine rings is 1. The number of amides is 1. The van der Waals surface area contributed by atoms with E-state index < -0.39 is 16.1 Å². The summed E-state index contributed by atoms with van der Waals surface area (Å²) in [6, 6.07) is 4.10. The number of rotatable bonds is 15. The average molecular weight is 712 g/mol. The van der Waals surface area contributed by atoms with Gasteiger partial charge in [0.05, 0.1) is 26.9 Å². The largest absolute Gasteiger partial charge is 0.479 e. The number of hydrogen-bond acceptors (Lipinski definition) is 9. The smallest absolute Gasteiger partial charge is 0.241 e. The summed E-state index contributed by atoms with van der Waals surface area (Å²) in [5, 5.41) is 5.23. The zero-order valence-corrected chi connectivity index (χ0v) is 33.2. The molecule has 270 valence electrons. The van der Waals surface area contributed by atoms with Gasteiger partial charge in [-0.15, -0.1) is 0 Å². The van der Waals surface area contributed by atoms with Crippen molar-refractivity contribution in [2.24, 2.45) is 11.3 Å². The van der Waals surface area contributed by atoms with Gasteiger partial charge < -0.3 is 23.8 Å². The molecule has 3 aromatic rings. The van der Waals surface area contributed by atoms with Gasteiger partial charge in [-0.25, -0.2) is 9.67 Å². The van der Waals surface area contributed by atoms with Crippen LogP contribution in [0, 0.1) is 11.3 Å². The van der Waals surface area contributed by atoms with Crippen LogP contribution in [-0.4, -0.2) is 111 Å². The van der Waals surface area contributed by atoms with Crippen molar-refractivity contribution in [1.29, 1.82) is 0 Å². The van der Waals surface area contributed by atoms with Gasteiger partial charge >= 0.3 is 0 Å². The van der Waals surface area contributed by atoms with Gasteiger partial charge in [0.2, 0.25) is 11.8 Å². The minimum absolute atomic E-state index is 0.0369. The van der Waals surface area contributed by atoms with E-state index in [0.717, 1.165) is 56.1 Å². The molecule has 14 heteroatoms. The molecule has 3 aromatic heterocycles. The van der Waals surface area contributed by atoms with Crippen molar-refractivity contribution in [3.05, 3.63) is 17.3 Å². The molecule has 6 rings (SSSR count). The Morgan fingerprint density at radius 3 is 2.37 bits per heavy atom. The Labute approximate surface area is 293 Å². The summed E-state index contributed by atoms with van der Waals surface area (Å²) in [4.78, 5) is 27.4. The minimum Gasteiger partial charge on any atom is -0.479 e. The Bertz CT molecular complexity index is 1660. The molecule has 4 heterocycles. The van der Waals surface area contributed by atoms with Crippen LogP contribution in [0.2, 0.25) is 51.4 Å². The van der Waals surface area contributed by atoms with Crippen LogP contribution in [0.15, 0.2) is 6.07 Å². The molecule has 0 radical (unpaired) electrons. The number of ether oxygens (including phenoxy) is 4. The standard InChI is InChI=1S/C35H57N7O5Si2/c1-35-20-25(35)18-26-29(21-35)42(24-47-15-17-49(7,8)9)38-31(26)33-36-27-19-28(39(2)30(43)22-40-10-12-45-13-11-40)34(44-3)37-32(27)41(33)23-46-14-16-48(4,5)6/h19,25H,10-18,20-24H2,1-9H3/t25-,35-/m1/s1. The van der Waals surface area contributed by atoms with Gasteiger partial charge in [-0.3, -0.25) is 14.3 Å². The number of methoxy groups -OCH3 is 1. The molecule has 1 aliphatic heterocycles. The maximum atomic E-state index is 13.4. The lowest BCUT2D eigenvalue weighted by Gasteiger charge is -2.28. The Kier molecular flexibility index (Phi) is 10.5. The second kappa shape index (κ2) is 14.2. The molecule has 2 fully saturated rings. The van der Waals surface area contributed by atoms with E-state index in [1.807, 2.05) is 10.6 Å². The second-order valence-electron chi connectivity index (χ2n) is 17.0. The highest BCUT2D eigenvalue weighted by atomic mass is 28.3. The Hall–Kier alpha value is -2.63. The van der Waals surface area contributed by atoms with Crippen molar-refractivity contribution in [3.63, 3.8) is 0 Å². The first-order valence-electron chi connectivity index (χ1n) is 17.9. The predicted molar refractivity (Wildman–Crippen MR) is 198 cm³/mol. The lowest BCUT2D eigenvalue weighted by molar-refractivity contribution is -0.120. The number of carbonyl (C=O) groups excluding carboxylic acids is 1. The molecule has 0 unspecified atom stereocenters. The molecule has 49 heavy (non-hydrogen) atoms. The van der Waals surface area contributed by atoms with Crippen molar-refractivity contribution in [2.45, 2.75) is 91.0 Å². The quantitative estimate of drug-likeness (QED) is 0.152. The Balaban J connectivity index is 1.37. The zero-order chi connectivity index (χ0) is 35.1. The van der Waals surface area contributed by atoms with Crippen molar-refractivity contribution >= 4 is 38.9 Å². The van der Waals surface area contributed by atoms with Crippen LogP contribution in [0.3, 0.4) is 0 Å². The van der Waals surface area contributed by atoms with Crippen LogP contribution in [0.4, 0.5) is 5.69 Å². The van der Waals surface area contributed by atoms with Gasteiger partial charge in [-0.1, -0.05) is 46.2 Å². The fraction of sp³-hybridized carbons (Fsp3) is 0.714. The summed E-state index contributed by atoms with van der Waals surface area (Å²) in [6.07, 6.45) is 3.22. The summed E-state index contributed by atoms with van der Waals surface area (Å²) >= 11 is 0. The fourth-order valence-electron chi connectivity index (χ4n) is 6.87. The van der Waals surface area contributed by atoms with E-state index in [0.29, 0.717) is 73.9 Å². The minimum atomic E-state index is -1.29. The molecule has 1 amide bonds. The molecule has 0 aromatic carbocycles. The number of aromatic nitrogens is 5. The second-order valence-corrected chi connectivity index (χ2v) is 28.2. The van der Waals surface area contributed by atoms with Crippen LogP contribution >= 0.6 is 0 Å². The van der Waals surface area contributed by atoms with Gasteiger partial charge in [0.1, 0.15) is 30.4 Å². The third-order valence-corrected chi connectivity index (χ3v) is 13.8. The highest BCUT2D eigenvalue weighted by Gasteiger charge is 2.54. The number of carbonyl (C=O) groups is 1. The normalized spacial score (nSPS) is 21.1. The number of imidazole rings is 1. The van der Waals surface area contributed by atoms with E-state index in [9.17, 15) is 4.79 Å². The van der Waals surface area contributed by atoms with E-state index in [4.69, 9.17) is 34.0 Å². The monoisotopic (exact) mass is 711 g/mol. The molecule has 1 saturated carbocycles. The molecule has 2 aliphatic carbocycles. The molecule has 3 aliphatic rings. The molecular weight excluding hydrogens is 655 g/mol. The van der Waals surface area contributed by atoms with Gasteiger partial charge in [0.25, 0.3) is 0 Å². The average Bonchev–Trinajstić information content (AvgIpc) is 3.41. The van der Waals surface area contributed by atoms with Crippen LogP contribution in [-0.2, 0) is 45.3 Å². The van der Waals surface area contributed by atoms with Gasteiger partial charge in [-0.2, -0.15) is 10.1 Å². The molecule has 0 N–H and O–H groups in total. The first-order chi connectivity index (χ1) is 23.2. The van der Waals surface area contributed by atoms with Crippen molar-refractivity contribution in [1.82, 2.24) is 29.2 Å². The summed E-state index contributed by atoms with van der Waals surface area (Å²) in [5.41, 5.74) is 5.65. The summed E-state index contributed by atoms with van der Waals surface area (Å²) < 4.78 is 28.0. The maximum Gasteiger partial charge on any atom is 0.241 e. The molecule has 1 saturated heterocycles. The summed E-state index contributed by atoms with van der Waals surface area (Å²) in [7, 11) is 0.872. The van der Waals surface area contributed by atoms with Crippen LogP contribution in [0.25, 0.3) is 22.7 Å². The first kappa shape index (κ1) is 36.2. The number of likely N-dealkylation sites (N-methyl/N-ethyl adjacent to an activating group) is 1. The zero-order valence-electron chi connectivity index (χ0n) is 31.2. The third kappa shape index (κ3) is 8.31. The highest BCUT2D eigenvalue weighted by Crippen LogP contribution is 2.60. The molecular formula is C35H57N7O5Si2. The van der Waals surface area contributed by atoms with Crippen molar-refractivity contribution < 1.29 is 23.7 Å². The Morgan fingerprint density at radius 1 is 1.04 bits per heavy atom. The topological polar surface area (TPSA) is 109 Å².